The number of fused-ring (bicyclic) bond motifs is 2. The predicted octanol–water partition coefficient (Wildman–Crippen LogP) is 1.27. The van der Waals surface area contributed by atoms with Crippen molar-refractivity contribution in [3.8, 4) is 0 Å². The quantitative estimate of drug-likeness (QED) is 0.301. The fourth-order valence-corrected chi connectivity index (χ4v) is 4.21. The molecular formula is C28H22Cl2O2Ti. The molecule has 6 rings (SSSR count). The van der Waals surface area contributed by atoms with Gasteiger partial charge in [0.15, 0.2) is 0 Å². The monoisotopic (exact) mass is 508 g/mol. The van der Waals surface area contributed by atoms with Crippen LogP contribution < -0.4 is 24.8 Å². The second kappa shape index (κ2) is 11.8. The third-order valence-corrected chi connectivity index (χ3v) is 5.83. The molecule has 0 saturated carbocycles. The summed E-state index contributed by atoms with van der Waals surface area (Å²) in [5.41, 5.74) is 7.36. The van der Waals surface area contributed by atoms with Crippen molar-refractivity contribution >= 4 is 11.1 Å². The van der Waals surface area contributed by atoms with Gasteiger partial charge in [0.2, 0.25) is 0 Å². The second-order valence-electron chi connectivity index (χ2n) is 7.65. The topological polar surface area (TPSA) is 26.3 Å². The molecule has 4 aromatic rings. The molecule has 0 aliphatic heterocycles. The van der Waals surface area contributed by atoms with Gasteiger partial charge in [-0.2, -0.15) is 0 Å². The van der Waals surface area contributed by atoms with Crippen LogP contribution in [0, 0.1) is 12.2 Å². The van der Waals surface area contributed by atoms with Crippen LogP contribution in [0.2, 0.25) is 0 Å². The predicted molar refractivity (Wildman–Crippen MR) is 119 cm³/mol. The van der Waals surface area contributed by atoms with E-state index in [1.54, 1.807) is 12.5 Å². The minimum Gasteiger partial charge on any atom is -1.00 e. The third-order valence-electron chi connectivity index (χ3n) is 5.83. The van der Waals surface area contributed by atoms with Gasteiger partial charge in [0.25, 0.3) is 0 Å². The summed E-state index contributed by atoms with van der Waals surface area (Å²) in [6.45, 7) is 4.38. The van der Waals surface area contributed by atoms with Crippen molar-refractivity contribution in [3.05, 3.63) is 131 Å². The number of benzene rings is 2. The minimum absolute atomic E-state index is 0. The average molecular weight is 509 g/mol. The molecule has 33 heavy (non-hydrogen) atoms. The molecule has 2 aromatic heterocycles. The zero-order valence-electron chi connectivity index (χ0n) is 18.3. The number of furan rings is 2. The first-order valence-electron chi connectivity index (χ1n) is 10.3. The Morgan fingerprint density at radius 1 is 0.576 bits per heavy atom. The largest absolute Gasteiger partial charge is 4.00 e. The van der Waals surface area contributed by atoms with Crippen molar-refractivity contribution in [2.45, 2.75) is 25.7 Å². The van der Waals surface area contributed by atoms with Crippen molar-refractivity contribution in [1.29, 1.82) is 0 Å². The van der Waals surface area contributed by atoms with E-state index in [0.717, 1.165) is 22.7 Å². The van der Waals surface area contributed by atoms with Gasteiger partial charge < -0.3 is 33.6 Å². The van der Waals surface area contributed by atoms with Crippen molar-refractivity contribution in [3.63, 3.8) is 0 Å². The first-order valence-corrected chi connectivity index (χ1v) is 10.3. The van der Waals surface area contributed by atoms with Crippen molar-refractivity contribution in [2.75, 3.05) is 0 Å². The van der Waals surface area contributed by atoms with Crippen LogP contribution in [0.3, 0.4) is 0 Å². The van der Waals surface area contributed by atoms with E-state index in [2.05, 4.69) is 62.4 Å². The van der Waals surface area contributed by atoms with Crippen LogP contribution in [0.4, 0.5) is 0 Å². The van der Waals surface area contributed by atoms with Crippen molar-refractivity contribution in [2.24, 2.45) is 0 Å². The zero-order valence-corrected chi connectivity index (χ0v) is 21.4. The Labute approximate surface area is 222 Å². The van der Waals surface area contributed by atoms with E-state index in [0.29, 0.717) is 11.8 Å². The molecule has 5 heteroatoms. The first-order chi connectivity index (χ1) is 14.7. The number of hydrogen-bond acceptors (Lipinski definition) is 2. The fraction of sp³-hybridized carbons (Fsp3) is 0.143. The normalized spacial score (nSPS) is 17.0. The Balaban J connectivity index is 0.000000214. The van der Waals surface area contributed by atoms with Gasteiger partial charge >= 0.3 is 21.7 Å². The van der Waals surface area contributed by atoms with E-state index in [9.17, 15) is 0 Å². The van der Waals surface area contributed by atoms with Crippen LogP contribution >= 0.6 is 0 Å². The second-order valence-corrected chi connectivity index (χ2v) is 7.65. The van der Waals surface area contributed by atoms with E-state index in [4.69, 9.17) is 8.83 Å². The maximum atomic E-state index is 5.42. The van der Waals surface area contributed by atoms with E-state index in [1.807, 2.05) is 36.4 Å². The molecule has 0 saturated heterocycles. The molecule has 2 aromatic carbocycles. The van der Waals surface area contributed by atoms with Crippen LogP contribution in [-0.2, 0) is 21.7 Å². The van der Waals surface area contributed by atoms with Gasteiger partial charge in [0, 0.05) is 0 Å². The number of halogens is 2. The Morgan fingerprint density at radius 2 is 0.970 bits per heavy atom. The summed E-state index contributed by atoms with van der Waals surface area (Å²) in [6.07, 6.45) is 10.2. The standard InChI is InChI=1S/2C14H11O.2ClH.Ti/c2*1-10-12-6-3-2-5-11(12)9-13(10)14-7-4-8-15-14;;;/h2*2-8,10H,1H3;2*1H;/q2*-1;;;+4/p-2. The summed E-state index contributed by atoms with van der Waals surface area (Å²) in [5, 5.41) is 0. The summed E-state index contributed by atoms with van der Waals surface area (Å²) in [5.74, 6) is 2.62. The Kier molecular flexibility index (Phi) is 9.63. The Hall–Kier alpha value is -2.23. The molecule has 2 aliphatic carbocycles. The molecule has 164 valence electrons. The van der Waals surface area contributed by atoms with Crippen LogP contribution in [0.5, 0.6) is 0 Å². The van der Waals surface area contributed by atoms with Crippen LogP contribution in [0.15, 0.2) is 94.2 Å². The molecule has 0 N–H and O–H groups in total. The maximum Gasteiger partial charge on any atom is 4.00 e. The van der Waals surface area contributed by atoms with Gasteiger partial charge in [0.05, 0.1) is 24.0 Å². The Morgan fingerprint density at radius 3 is 1.30 bits per heavy atom. The summed E-state index contributed by atoms with van der Waals surface area (Å²) in [4.78, 5) is 0. The van der Waals surface area contributed by atoms with Crippen LogP contribution in [-0.4, -0.2) is 0 Å². The van der Waals surface area contributed by atoms with Gasteiger partial charge in [-0.3, -0.25) is 0 Å². The summed E-state index contributed by atoms with van der Waals surface area (Å²) in [7, 11) is 0. The van der Waals surface area contributed by atoms with Gasteiger partial charge in [-0.25, -0.2) is 0 Å². The zero-order chi connectivity index (χ0) is 20.5. The maximum absolute atomic E-state index is 5.42. The average Bonchev–Trinajstić information content (AvgIpc) is 3.56. The number of rotatable bonds is 2. The van der Waals surface area contributed by atoms with Gasteiger partial charge in [-0.1, -0.05) is 49.3 Å². The van der Waals surface area contributed by atoms with Crippen molar-refractivity contribution < 1.29 is 55.4 Å². The smallest absolute Gasteiger partial charge is 1.00 e. The third kappa shape index (κ3) is 5.31. The van der Waals surface area contributed by atoms with Gasteiger partial charge in [-0.15, -0.1) is 70.8 Å². The fourth-order valence-electron chi connectivity index (χ4n) is 4.21. The van der Waals surface area contributed by atoms with Crippen LogP contribution in [0.25, 0.3) is 11.1 Å². The summed E-state index contributed by atoms with van der Waals surface area (Å²) in [6, 6.07) is 24.6. The molecule has 2 atom stereocenters. The van der Waals surface area contributed by atoms with E-state index in [1.165, 1.54) is 22.3 Å². The number of hydrogen-bond donors (Lipinski definition) is 0. The molecule has 2 unspecified atom stereocenters. The van der Waals surface area contributed by atoms with E-state index >= 15 is 0 Å². The van der Waals surface area contributed by atoms with Crippen molar-refractivity contribution in [1.82, 2.24) is 0 Å². The van der Waals surface area contributed by atoms with Crippen LogP contribution in [0.1, 0.15) is 59.5 Å². The molecule has 2 heterocycles. The molecular weight excluding hydrogens is 487 g/mol. The molecule has 0 radical (unpaired) electrons. The summed E-state index contributed by atoms with van der Waals surface area (Å²) >= 11 is 0. The number of allylic oxidation sites excluding steroid dienone is 2. The molecule has 0 amide bonds. The van der Waals surface area contributed by atoms with E-state index < -0.39 is 0 Å². The molecule has 0 bridgehead atoms. The van der Waals surface area contributed by atoms with E-state index in [-0.39, 0.29) is 46.5 Å². The Bertz CT molecular complexity index is 1130. The SMILES string of the molecule is CC1C(c2ccco2)=[C-]c2ccccc21.CC1C(c2ccco2)=[C-]c2ccccc21.[Cl-].[Cl-].[Ti+4]. The summed E-state index contributed by atoms with van der Waals surface area (Å²) < 4.78 is 10.8. The van der Waals surface area contributed by atoms with Gasteiger partial charge in [-0.05, 0) is 24.0 Å². The molecule has 2 nitrogen and oxygen atoms in total. The molecule has 2 aliphatic rings. The first kappa shape index (κ1) is 27.0. The molecule has 0 fully saturated rings. The molecule has 0 spiro atoms. The minimum atomic E-state index is 0. The van der Waals surface area contributed by atoms with Gasteiger partial charge in [0.1, 0.15) is 0 Å².